The van der Waals surface area contributed by atoms with Crippen molar-refractivity contribution in [1.29, 1.82) is 0 Å². The van der Waals surface area contributed by atoms with Gasteiger partial charge in [-0.2, -0.15) is 5.10 Å². The molecule has 1 aromatic carbocycles. The normalized spacial score (nSPS) is 11.2. The third-order valence-electron chi connectivity index (χ3n) is 4.12. The summed E-state index contributed by atoms with van der Waals surface area (Å²) < 4.78 is 20.1. The average molecular weight is 439 g/mol. The fourth-order valence-corrected chi connectivity index (χ4v) is 3.63. The third-order valence-corrected chi connectivity index (χ3v) is 5.24. The number of esters is 1. The van der Waals surface area contributed by atoms with Crippen molar-refractivity contribution in [2.75, 3.05) is 13.7 Å². The molecule has 0 spiro atoms. The molecule has 2 aromatic heterocycles. The van der Waals surface area contributed by atoms with E-state index in [1.165, 1.54) is 34.0 Å². The first-order valence-corrected chi connectivity index (χ1v) is 9.25. The lowest BCUT2D eigenvalue weighted by Crippen LogP contribution is -2.26. The van der Waals surface area contributed by atoms with Gasteiger partial charge in [0.25, 0.3) is 0 Å². The molecule has 154 valence electrons. The first-order chi connectivity index (χ1) is 13.5. The van der Waals surface area contributed by atoms with Crippen LogP contribution in [-0.2, 0) is 17.8 Å². The predicted molar refractivity (Wildman–Crippen MR) is 112 cm³/mol. The highest BCUT2D eigenvalue weighted by atomic mass is 35.5. The lowest BCUT2D eigenvalue weighted by Gasteiger charge is -2.02. The van der Waals surface area contributed by atoms with E-state index in [2.05, 4.69) is 5.10 Å². The number of carbonyl (C=O) groups excluding carboxylic acids is 1. The van der Waals surface area contributed by atoms with Crippen molar-refractivity contribution < 1.29 is 13.9 Å². The number of hydrogen-bond acceptors (Lipinski definition) is 6. The second-order valence-corrected chi connectivity index (χ2v) is 7.18. The highest BCUT2D eigenvalue weighted by Crippen LogP contribution is 2.29. The predicted octanol–water partition coefficient (Wildman–Crippen LogP) is 2.84. The van der Waals surface area contributed by atoms with E-state index >= 15 is 0 Å². The number of hydrogen-bond donors (Lipinski definition) is 1. The van der Waals surface area contributed by atoms with Gasteiger partial charge < -0.3 is 10.5 Å². The second kappa shape index (κ2) is 10.1. The van der Waals surface area contributed by atoms with Gasteiger partial charge in [0, 0.05) is 16.3 Å². The van der Waals surface area contributed by atoms with Crippen LogP contribution >= 0.6 is 23.7 Å². The number of ether oxygens (including phenoxy) is 1. The third kappa shape index (κ3) is 5.20. The van der Waals surface area contributed by atoms with E-state index < -0.39 is 5.97 Å². The standard InChI is InChI=1S/C19H19FN4O3S.ClH/c1-27-18(25)15-4-2-3-14(7-15)17-6-5-16(28-17)11-23-12-22-24(19(23)26)10-13(8-20)9-21;/h2-8,12H,9-11,21H2,1H3;1H. The molecule has 10 heteroatoms. The van der Waals surface area contributed by atoms with Crippen molar-refractivity contribution in [2.45, 2.75) is 13.1 Å². The summed E-state index contributed by atoms with van der Waals surface area (Å²) in [6.07, 6.45) is 1.82. The average Bonchev–Trinajstić information content (AvgIpc) is 3.33. The maximum absolute atomic E-state index is 12.7. The Morgan fingerprint density at radius 2 is 2.14 bits per heavy atom. The molecule has 0 saturated carbocycles. The Hall–Kier alpha value is -2.75. The van der Waals surface area contributed by atoms with E-state index in [1.54, 1.807) is 18.2 Å². The minimum atomic E-state index is -0.392. The molecule has 0 aliphatic heterocycles. The Morgan fingerprint density at radius 1 is 1.34 bits per heavy atom. The molecule has 0 saturated heterocycles. The number of nitrogens with zero attached hydrogens (tertiary/aromatic N) is 3. The summed E-state index contributed by atoms with van der Waals surface area (Å²) in [6, 6.07) is 11.0. The topological polar surface area (TPSA) is 92.1 Å². The molecule has 7 nitrogen and oxygen atoms in total. The maximum Gasteiger partial charge on any atom is 0.346 e. The van der Waals surface area contributed by atoms with Crippen molar-refractivity contribution in [3.63, 3.8) is 0 Å². The first-order valence-electron chi connectivity index (χ1n) is 8.43. The zero-order valence-corrected chi connectivity index (χ0v) is 17.2. The summed E-state index contributed by atoms with van der Waals surface area (Å²) >= 11 is 1.51. The van der Waals surface area contributed by atoms with Gasteiger partial charge in [0.15, 0.2) is 0 Å². The zero-order chi connectivity index (χ0) is 20.1. The molecule has 2 N–H and O–H groups in total. The number of benzene rings is 1. The highest BCUT2D eigenvalue weighted by Gasteiger charge is 2.11. The Balaban J connectivity index is 0.00000300. The molecule has 0 amide bonds. The van der Waals surface area contributed by atoms with Crippen LogP contribution in [0.5, 0.6) is 0 Å². The van der Waals surface area contributed by atoms with Gasteiger partial charge in [-0.3, -0.25) is 4.57 Å². The van der Waals surface area contributed by atoms with Gasteiger partial charge in [0.2, 0.25) is 0 Å². The van der Waals surface area contributed by atoms with Crippen LogP contribution < -0.4 is 11.4 Å². The van der Waals surface area contributed by atoms with Gasteiger partial charge in [-0.15, -0.1) is 23.7 Å². The number of methoxy groups -OCH3 is 1. The van der Waals surface area contributed by atoms with Crippen LogP contribution in [0.25, 0.3) is 10.4 Å². The molecule has 3 aromatic rings. The van der Waals surface area contributed by atoms with Gasteiger partial charge in [0.1, 0.15) is 6.33 Å². The van der Waals surface area contributed by atoms with Crippen molar-refractivity contribution in [3.05, 3.63) is 75.6 Å². The summed E-state index contributed by atoms with van der Waals surface area (Å²) in [4.78, 5) is 26.0. The van der Waals surface area contributed by atoms with Crippen LogP contribution in [0.15, 0.2) is 59.4 Å². The summed E-state index contributed by atoms with van der Waals surface area (Å²) in [5.74, 6) is -0.392. The first kappa shape index (κ1) is 22.5. The minimum Gasteiger partial charge on any atom is -0.465 e. The molecule has 0 atom stereocenters. The van der Waals surface area contributed by atoms with Crippen LogP contribution in [0.4, 0.5) is 4.39 Å². The molecule has 0 aliphatic rings. The second-order valence-electron chi connectivity index (χ2n) is 6.01. The quantitative estimate of drug-likeness (QED) is 0.572. The van der Waals surface area contributed by atoms with Gasteiger partial charge in [-0.1, -0.05) is 12.1 Å². The zero-order valence-electron chi connectivity index (χ0n) is 15.6. The van der Waals surface area contributed by atoms with E-state index in [4.69, 9.17) is 10.5 Å². The smallest absolute Gasteiger partial charge is 0.346 e. The fraction of sp³-hybridized carbons (Fsp3) is 0.211. The number of rotatable bonds is 7. The minimum absolute atomic E-state index is 0. The molecule has 0 radical (unpaired) electrons. The van der Waals surface area contributed by atoms with E-state index in [1.807, 2.05) is 18.2 Å². The lowest BCUT2D eigenvalue weighted by molar-refractivity contribution is 0.0601. The van der Waals surface area contributed by atoms with Crippen LogP contribution in [-0.4, -0.2) is 34.0 Å². The molecule has 3 rings (SSSR count). The van der Waals surface area contributed by atoms with E-state index in [9.17, 15) is 14.0 Å². The Bertz CT molecular complexity index is 1070. The lowest BCUT2D eigenvalue weighted by atomic mass is 10.1. The molecule has 0 aliphatic carbocycles. The van der Waals surface area contributed by atoms with Crippen LogP contribution in [0.1, 0.15) is 15.2 Å². The Kier molecular flexibility index (Phi) is 7.89. The molecule has 0 bridgehead atoms. The van der Waals surface area contributed by atoms with E-state index in [0.717, 1.165) is 15.3 Å². The van der Waals surface area contributed by atoms with Gasteiger partial charge in [0.05, 0.1) is 32.1 Å². The van der Waals surface area contributed by atoms with E-state index in [0.29, 0.717) is 18.4 Å². The van der Waals surface area contributed by atoms with Crippen molar-refractivity contribution >= 4 is 29.7 Å². The van der Waals surface area contributed by atoms with Crippen molar-refractivity contribution in [3.8, 4) is 10.4 Å². The number of halogens is 2. The largest absolute Gasteiger partial charge is 0.465 e. The molecule has 29 heavy (non-hydrogen) atoms. The summed E-state index contributed by atoms with van der Waals surface area (Å²) in [5, 5.41) is 4.01. The Labute approximate surface area is 176 Å². The number of thiophene rings is 1. The van der Waals surface area contributed by atoms with Crippen LogP contribution in [0.3, 0.4) is 0 Å². The van der Waals surface area contributed by atoms with Gasteiger partial charge in [-0.05, 0) is 35.4 Å². The molecule has 0 unspecified atom stereocenters. The van der Waals surface area contributed by atoms with Gasteiger partial charge >= 0.3 is 11.7 Å². The van der Waals surface area contributed by atoms with Crippen LogP contribution in [0.2, 0.25) is 0 Å². The summed E-state index contributed by atoms with van der Waals surface area (Å²) in [5.41, 5.74) is 6.74. The number of nitrogens with two attached hydrogens (primary N) is 1. The molecular formula is C19H20ClFN4O3S. The summed E-state index contributed by atoms with van der Waals surface area (Å²) in [6.45, 7) is 0.390. The number of aromatic nitrogens is 3. The SMILES string of the molecule is COC(=O)c1cccc(-c2ccc(Cn3cnn(CC(=CF)CN)c3=O)s2)c1.Cl. The maximum atomic E-state index is 12.7. The summed E-state index contributed by atoms with van der Waals surface area (Å²) in [7, 11) is 1.34. The molecule has 0 fully saturated rings. The number of carbonyl (C=O) groups is 1. The monoisotopic (exact) mass is 438 g/mol. The molecule has 2 heterocycles. The fourth-order valence-electron chi connectivity index (χ4n) is 2.63. The van der Waals surface area contributed by atoms with Crippen molar-refractivity contribution in [2.24, 2.45) is 5.73 Å². The van der Waals surface area contributed by atoms with Crippen molar-refractivity contribution in [1.82, 2.24) is 14.3 Å². The Morgan fingerprint density at radius 3 is 2.83 bits per heavy atom. The molecular weight excluding hydrogens is 419 g/mol. The van der Waals surface area contributed by atoms with Crippen LogP contribution in [0, 0.1) is 0 Å². The van der Waals surface area contributed by atoms with E-state index in [-0.39, 0.29) is 36.8 Å². The highest BCUT2D eigenvalue weighted by molar-refractivity contribution is 7.15. The van der Waals surface area contributed by atoms with Gasteiger partial charge in [-0.25, -0.2) is 18.7 Å².